The second-order valence-electron chi connectivity index (χ2n) is 4.02. The van der Waals surface area contributed by atoms with Crippen LogP contribution >= 0.6 is 23.2 Å². The molecule has 100 valence electrons. The molecular formula is C13H8Cl2N4O. The molecule has 0 bridgehead atoms. The fourth-order valence-corrected chi connectivity index (χ4v) is 1.94. The van der Waals surface area contributed by atoms with E-state index in [0.717, 1.165) is 0 Å². The third kappa shape index (κ3) is 2.45. The lowest BCUT2D eigenvalue weighted by Crippen LogP contribution is -1.90. The third-order valence-electron chi connectivity index (χ3n) is 2.63. The van der Waals surface area contributed by atoms with Gasteiger partial charge in [0.1, 0.15) is 5.69 Å². The number of benzene rings is 1. The Kier molecular flexibility index (Phi) is 3.30. The minimum atomic E-state index is 0.289. The molecule has 0 aliphatic rings. The van der Waals surface area contributed by atoms with Crippen molar-refractivity contribution in [3.63, 3.8) is 0 Å². The van der Waals surface area contributed by atoms with Gasteiger partial charge in [0.05, 0.1) is 10.6 Å². The number of halogens is 2. The van der Waals surface area contributed by atoms with Gasteiger partial charge >= 0.3 is 0 Å². The van der Waals surface area contributed by atoms with Crippen LogP contribution in [-0.4, -0.2) is 15.1 Å². The van der Waals surface area contributed by atoms with Gasteiger partial charge in [0.2, 0.25) is 5.82 Å². The second kappa shape index (κ2) is 5.11. The number of rotatable bonds is 2. The highest BCUT2D eigenvalue weighted by Gasteiger charge is 2.14. The molecule has 0 aliphatic heterocycles. The van der Waals surface area contributed by atoms with E-state index >= 15 is 0 Å². The zero-order chi connectivity index (χ0) is 14.1. The van der Waals surface area contributed by atoms with Gasteiger partial charge in [0.15, 0.2) is 0 Å². The molecule has 2 heterocycles. The minimum absolute atomic E-state index is 0.289. The molecule has 0 aliphatic carbocycles. The maximum atomic E-state index is 5.94. The van der Waals surface area contributed by atoms with E-state index in [1.54, 1.807) is 30.3 Å². The summed E-state index contributed by atoms with van der Waals surface area (Å²) in [7, 11) is 0. The van der Waals surface area contributed by atoms with Gasteiger partial charge in [0.25, 0.3) is 5.89 Å². The zero-order valence-electron chi connectivity index (χ0n) is 10.0. The van der Waals surface area contributed by atoms with Crippen LogP contribution in [-0.2, 0) is 0 Å². The van der Waals surface area contributed by atoms with Crippen LogP contribution in [0, 0.1) is 0 Å². The number of nitrogens with two attached hydrogens (primary N) is 1. The van der Waals surface area contributed by atoms with Gasteiger partial charge in [-0.3, -0.25) is 4.98 Å². The second-order valence-corrected chi connectivity index (χ2v) is 4.89. The lowest BCUT2D eigenvalue weighted by atomic mass is 10.2. The minimum Gasteiger partial charge on any atom is -0.398 e. The van der Waals surface area contributed by atoms with E-state index in [1.165, 1.54) is 6.20 Å². The quantitative estimate of drug-likeness (QED) is 0.731. The smallest absolute Gasteiger partial charge is 0.260 e. The predicted octanol–water partition coefficient (Wildman–Crippen LogP) is 3.69. The van der Waals surface area contributed by atoms with Crippen molar-refractivity contribution in [2.75, 3.05) is 5.73 Å². The van der Waals surface area contributed by atoms with Crippen LogP contribution in [0.2, 0.25) is 10.0 Å². The maximum Gasteiger partial charge on any atom is 0.260 e. The first-order valence-electron chi connectivity index (χ1n) is 5.64. The average molecular weight is 307 g/mol. The summed E-state index contributed by atoms with van der Waals surface area (Å²) in [5, 5.41) is 4.95. The van der Waals surface area contributed by atoms with E-state index in [2.05, 4.69) is 15.1 Å². The Morgan fingerprint density at radius 3 is 2.60 bits per heavy atom. The van der Waals surface area contributed by atoms with Crippen LogP contribution in [0.25, 0.3) is 23.0 Å². The Morgan fingerprint density at radius 2 is 1.85 bits per heavy atom. The molecule has 0 fully saturated rings. The standard InChI is InChI=1S/C13H8Cl2N4O/c14-7-1-3-10(16)9(5-7)13-18-12(19-20-13)11-4-2-8(15)6-17-11/h1-6H,16H2. The van der Waals surface area contributed by atoms with Crippen LogP contribution in [0.1, 0.15) is 0 Å². The number of nitrogens with zero attached hydrogens (tertiary/aromatic N) is 3. The highest BCUT2D eigenvalue weighted by Crippen LogP contribution is 2.28. The van der Waals surface area contributed by atoms with Crippen LogP contribution < -0.4 is 5.73 Å². The van der Waals surface area contributed by atoms with Crippen LogP contribution in [0.5, 0.6) is 0 Å². The molecule has 3 rings (SSSR count). The highest BCUT2D eigenvalue weighted by atomic mass is 35.5. The number of anilines is 1. The topological polar surface area (TPSA) is 77.8 Å². The van der Waals surface area contributed by atoms with Gasteiger partial charge in [-0.15, -0.1) is 0 Å². The highest BCUT2D eigenvalue weighted by molar-refractivity contribution is 6.31. The van der Waals surface area contributed by atoms with E-state index in [4.69, 9.17) is 33.5 Å². The predicted molar refractivity (Wildman–Crippen MR) is 77.4 cm³/mol. The zero-order valence-corrected chi connectivity index (χ0v) is 11.6. The van der Waals surface area contributed by atoms with Crippen molar-refractivity contribution in [1.29, 1.82) is 0 Å². The van der Waals surface area contributed by atoms with Crippen LogP contribution in [0.15, 0.2) is 41.1 Å². The summed E-state index contributed by atoms with van der Waals surface area (Å²) in [5.74, 6) is 0.646. The van der Waals surface area contributed by atoms with Crippen LogP contribution in [0.4, 0.5) is 5.69 Å². The Hall–Kier alpha value is -2.11. The van der Waals surface area contributed by atoms with Crippen molar-refractivity contribution in [2.24, 2.45) is 0 Å². The lowest BCUT2D eigenvalue weighted by Gasteiger charge is -2.00. The number of nitrogen functional groups attached to an aromatic ring is 1. The van der Waals surface area contributed by atoms with Crippen molar-refractivity contribution in [3.05, 3.63) is 46.6 Å². The molecule has 1 aromatic carbocycles. The van der Waals surface area contributed by atoms with Gasteiger partial charge in [0, 0.05) is 16.9 Å². The summed E-state index contributed by atoms with van der Waals surface area (Å²) in [6.07, 6.45) is 1.51. The van der Waals surface area contributed by atoms with E-state index in [1.807, 2.05) is 0 Å². The number of aromatic nitrogens is 3. The average Bonchev–Trinajstić information content (AvgIpc) is 2.92. The number of pyridine rings is 1. The molecule has 20 heavy (non-hydrogen) atoms. The van der Waals surface area contributed by atoms with Crippen molar-refractivity contribution >= 4 is 28.9 Å². The number of hydrogen-bond donors (Lipinski definition) is 1. The number of hydrogen-bond acceptors (Lipinski definition) is 5. The molecule has 0 unspecified atom stereocenters. The maximum absolute atomic E-state index is 5.94. The van der Waals surface area contributed by atoms with Crippen molar-refractivity contribution in [2.45, 2.75) is 0 Å². The Labute approximate surface area is 124 Å². The first-order valence-corrected chi connectivity index (χ1v) is 6.40. The van der Waals surface area contributed by atoms with E-state index in [-0.39, 0.29) is 5.89 Å². The van der Waals surface area contributed by atoms with Crippen molar-refractivity contribution < 1.29 is 4.52 Å². The Morgan fingerprint density at radius 1 is 1.05 bits per heavy atom. The molecule has 0 saturated heterocycles. The van der Waals surface area contributed by atoms with E-state index < -0.39 is 0 Å². The monoisotopic (exact) mass is 306 g/mol. The Balaban J connectivity index is 2.01. The molecule has 0 amide bonds. The third-order valence-corrected chi connectivity index (χ3v) is 3.09. The first-order chi connectivity index (χ1) is 9.63. The molecule has 0 radical (unpaired) electrons. The van der Waals surface area contributed by atoms with Crippen molar-refractivity contribution in [3.8, 4) is 23.0 Å². The Bertz CT molecular complexity index is 755. The summed E-state index contributed by atoms with van der Waals surface area (Å²) < 4.78 is 5.20. The molecular weight excluding hydrogens is 299 g/mol. The molecule has 5 nitrogen and oxygen atoms in total. The largest absolute Gasteiger partial charge is 0.398 e. The molecule has 2 N–H and O–H groups in total. The fraction of sp³-hybridized carbons (Fsp3) is 0. The molecule has 0 atom stereocenters. The fourth-order valence-electron chi connectivity index (χ4n) is 1.66. The normalized spacial score (nSPS) is 10.7. The summed E-state index contributed by atoms with van der Waals surface area (Å²) in [4.78, 5) is 8.38. The van der Waals surface area contributed by atoms with Crippen molar-refractivity contribution in [1.82, 2.24) is 15.1 Å². The summed E-state index contributed by atoms with van der Waals surface area (Å²) in [6, 6.07) is 8.45. The summed E-state index contributed by atoms with van der Waals surface area (Å²) in [6.45, 7) is 0. The molecule has 0 saturated carbocycles. The van der Waals surface area contributed by atoms with Gasteiger partial charge in [-0.1, -0.05) is 28.4 Å². The molecule has 0 spiro atoms. The van der Waals surface area contributed by atoms with E-state index in [9.17, 15) is 0 Å². The van der Waals surface area contributed by atoms with E-state index in [0.29, 0.717) is 32.8 Å². The summed E-state index contributed by atoms with van der Waals surface area (Å²) >= 11 is 11.7. The van der Waals surface area contributed by atoms with Gasteiger partial charge in [-0.25, -0.2) is 0 Å². The van der Waals surface area contributed by atoms with Gasteiger partial charge < -0.3 is 10.3 Å². The SMILES string of the molecule is Nc1ccc(Cl)cc1-c1nc(-c2ccc(Cl)cn2)no1. The molecule has 7 heteroatoms. The molecule has 3 aromatic rings. The van der Waals surface area contributed by atoms with Crippen LogP contribution in [0.3, 0.4) is 0 Å². The first kappa shape index (κ1) is 12.9. The summed E-state index contributed by atoms with van der Waals surface area (Å²) in [5.41, 5.74) is 7.53. The lowest BCUT2D eigenvalue weighted by molar-refractivity contribution is 0.432. The van der Waals surface area contributed by atoms with Gasteiger partial charge in [-0.2, -0.15) is 4.98 Å². The van der Waals surface area contributed by atoms with Gasteiger partial charge in [-0.05, 0) is 30.3 Å². The molecule has 2 aromatic heterocycles.